The molecular weight excluding hydrogens is 410 g/mol. The van der Waals surface area contributed by atoms with E-state index in [0.717, 1.165) is 5.56 Å². The number of hydrazone groups is 1. The van der Waals surface area contributed by atoms with Gasteiger partial charge in [-0.05, 0) is 48.4 Å². The molecule has 1 aliphatic heterocycles. The van der Waals surface area contributed by atoms with Gasteiger partial charge in [-0.25, -0.2) is 5.01 Å². The van der Waals surface area contributed by atoms with Crippen LogP contribution in [0.2, 0.25) is 0 Å². The molecule has 0 saturated heterocycles. The van der Waals surface area contributed by atoms with Crippen molar-refractivity contribution in [2.75, 3.05) is 34.5 Å². The van der Waals surface area contributed by atoms with Gasteiger partial charge in [0, 0.05) is 12.7 Å². The molecule has 9 nitrogen and oxygen atoms in total. The van der Waals surface area contributed by atoms with Gasteiger partial charge in [0.25, 0.3) is 10.0 Å². The first-order valence-electron chi connectivity index (χ1n) is 9.02. The van der Waals surface area contributed by atoms with E-state index in [1.165, 1.54) is 31.5 Å². The van der Waals surface area contributed by atoms with Crippen LogP contribution in [0.25, 0.3) is 0 Å². The average Bonchev–Trinajstić information content (AvgIpc) is 2.99. The standard InChI is InChI=1S/C20H23N3O6S/c1-13-9-15-19(18(10-13)29-4)30(25,26)22-20(15)23(7-8-27-2)21-12-14-5-6-16(24)17(11-14)28-3/h5-6,9-12,24H,7-8H2,1-4H3. The summed E-state index contributed by atoms with van der Waals surface area (Å²) in [6.07, 6.45) is 1.53. The minimum atomic E-state index is -3.93. The molecule has 1 heterocycles. The fraction of sp³-hybridized carbons (Fsp3) is 0.300. The van der Waals surface area contributed by atoms with Crippen molar-refractivity contribution in [3.63, 3.8) is 0 Å². The number of fused-ring (bicyclic) bond motifs is 1. The maximum absolute atomic E-state index is 12.7. The van der Waals surface area contributed by atoms with E-state index in [9.17, 15) is 13.5 Å². The summed E-state index contributed by atoms with van der Waals surface area (Å²) in [4.78, 5) is 0.0227. The number of benzene rings is 2. The molecule has 0 fully saturated rings. The molecule has 3 rings (SSSR count). The minimum Gasteiger partial charge on any atom is -0.504 e. The molecule has 0 spiro atoms. The van der Waals surface area contributed by atoms with Crippen molar-refractivity contribution in [1.29, 1.82) is 0 Å². The van der Waals surface area contributed by atoms with E-state index in [0.29, 0.717) is 23.5 Å². The second-order valence-corrected chi connectivity index (χ2v) is 8.07. The zero-order valence-electron chi connectivity index (χ0n) is 17.1. The third-order valence-corrected chi connectivity index (χ3v) is 5.78. The van der Waals surface area contributed by atoms with Gasteiger partial charge in [-0.3, -0.25) is 0 Å². The van der Waals surface area contributed by atoms with Gasteiger partial charge in [0.05, 0.1) is 33.6 Å². The lowest BCUT2D eigenvalue weighted by molar-refractivity contribution is 0.178. The molecule has 0 bridgehead atoms. The van der Waals surface area contributed by atoms with Crippen LogP contribution in [0.15, 0.2) is 44.7 Å². The van der Waals surface area contributed by atoms with Crippen LogP contribution >= 0.6 is 0 Å². The van der Waals surface area contributed by atoms with Crippen LogP contribution in [-0.4, -0.2) is 65.1 Å². The third-order valence-electron chi connectivity index (χ3n) is 4.43. The first-order chi connectivity index (χ1) is 14.3. The van der Waals surface area contributed by atoms with Gasteiger partial charge in [0.15, 0.2) is 17.3 Å². The Labute approximate surface area is 175 Å². The van der Waals surface area contributed by atoms with E-state index in [1.54, 1.807) is 31.4 Å². The molecule has 2 aromatic rings. The van der Waals surface area contributed by atoms with Crippen LogP contribution in [-0.2, 0) is 14.8 Å². The Bertz CT molecular complexity index is 1110. The smallest absolute Gasteiger partial charge is 0.288 e. The maximum atomic E-state index is 12.7. The lowest BCUT2D eigenvalue weighted by Crippen LogP contribution is -2.29. The SMILES string of the molecule is COCCN(N=Cc1ccc(O)c(OC)c1)C1=NS(=O)(=O)c2c(OC)cc(C)cc21. The van der Waals surface area contributed by atoms with Gasteiger partial charge < -0.3 is 19.3 Å². The van der Waals surface area contributed by atoms with Gasteiger partial charge in [-0.1, -0.05) is 0 Å². The largest absolute Gasteiger partial charge is 0.504 e. The highest BCUT2D eigenvalue weighted by molar-refractivity contribution is 7.90. The first kappa shape index (κ1) is 21.6. The van der Waals surface area contributed by atoms with E-state index in [-0.39, 0.29) is 28.8 Å². The number of amidine groups is 1. The topological polar surface area (TPSA) is 110 Å². The summed E-state index contributed by atoms with van der Waals surface area (Å²) in [5.74, 6) is 0.733. The molecule has 0 aliphatic carbocycles. The molecule has 2 aromatic carbocycles. The average molecular weight is 433 g/mol. The molecule has 0 radical (unpaired) electrons. The second kappa shape index (κ2) is 8.72. The lowest BCUT2D eigenvalue weighted by atomic mass is 10.1. The zero-order chi connectivity index (χ0) is 21.9. The predicted octanol–water partition coefficient (Wildman–Crippen LogP) is 2.15. The lowest BCUT2D eigenvalue weighted by Gasteiger charge is -2.19. The van der Waals surface area contributed by atoms with Gasteiger partial charge in [-0.2, -0.15) is 13.5 Å². The summed E-state index contributed by atoms with van der Waals surface area (Å²) in [7, 11) is 0.481. The van der Waals surface area contributed by atoms with E-state index in [2.05, 4.69) is 9.50 Å². The summed E-state index contributed by atoms with van der Waals surface area (Å²) in [6, 6.07) is 8.15. The number of rotatable bonds is 7. The van der Waals surface area contributed by atoms with Crippen molar-refractivity contribution in [3.05, 3.63) is 47.0 Å². The number of phenols is 1. The molecule has 0 saturated carbocycles. The quantitative estimate of drug-likeness (QED) is 0.526. The Morgan fingerprint density at radius 3 is 2.53 bits per heavy atom. The number of aromatic hydroxyl groups is 1. The number of hydrogen-bond donors (Lipinski definition) is 1. The Balaban J connectivity index is 2.05. The van der Waals surface area contributed by atoms with Gasteiger partial charge in [0.2, 0.25) is 0 Å². The Morgan fingerprint density at radius 2 is 1.87 bits per heavy atom. The zero-order valence-corrected chi connectivity index (χ0v) is 17.9. The van der Waals surface area contributed by atoms with E-state index in [4.69, 9.17) is 14.2 Å². The number of ether oxygens (including phenoxy) is 3. The van der Waals surface area contributed by atoms with Crippen molar-refractivity contribution < 1.29 is 27.7 Å². The monoisotopic (exact) mass is 433 g/mol. The fourth-order valence-electron chi connectivity index (χ4n) is 3.03. The van der Waals surface area contributed by atoms with E-state index < -0.39 is 10.0 Å². The second-order valence-electron chi connectivity index (χ2n) is 6.53. The van der Waals surface area contributed by atoms with Crippen molar-refractivity contribution in [2.24, 2.45) is 9.50 Å². The van der Waals surface area contributed by atoms with Gasteiger partial charge in [-0.15, -0.1) is 4.40 Å². The van der Waals surface area contributed by atoms with Crippen molar-refractivity contribution in [3.8, 4) is 17.2 Å². The van der Waals surface area contributed by atoms with Gasteiger partial charge >= 0.3 is 0 Å². The van der Waals surface area contributed by atoms with Crippen molar-refractivity contribution in [1.82, 2.24) is 5.01 Å². The highest BCUT2D eigenvalue weighted by Crippen LogP contribution is 2.36. The Kier molecular flexibility index (Phi) is 6.28. The highest BCUT2D eigenvalue weighted by Gasteiger charge is 2.35. The number of aryl methyl sites for hydroxylation is 1. The predicted molar refractivity (Wildman–Crippen MR) is 112 cm³/mol. The van der Waals surface area contributed by atoms with Crippen LogP contribution in [0.1, 0.15) is 16.7 Å². The Hall–Kier alpha value is -3.11. The van der Waals surface area contributed by atoms with Crippen LogP contribution in [0.3, 0.4) is 0 Å². The number of phenolic OH excluding ortho intramolecular Hbond substituents is 1. The van der Waals surface area contributed by atoms with Gasteiger partial charge in [0.1, 0.15) is 10.6 Å². The van der Waals surface area contributed by atoms with Crippen LogP contribution in [0.5, 0.6) is 17.2 Å². The molecule has 0 unspecified atom stereocenters. The van der Waals surface area contributed by atoms with E-state index in [1.807, 2.05) is 6.92 Å². The maximum Gasteiger partial charge on any atom is 0.288 e. The molecule has 1 N–H and O–H groups in total. The normalized spacial score (nSPS) is 14.5. The molecule has 0 atom stereocenters. The number of methoxy groups -OCH3 is 3. The summed E-state index contributed by atoms with van der Waals surface area (Å²) >= 11 is 0. The number of sulfonamides is 1. The van der Waals surface area contributed by atoms with Crippen LogP contribution < -0.4 is 9.47 Å². The molecular formula is C20H23N3O6S. The summed E-state index contributed by atoms with van der Waals surface area (Å²) in [5, 5.41) is 15.6. The number of hydrogen-bond acceptors (Lipinski definition) is 8. The van der Waals surface area contributed by atoms with Crippen LogP contribution in [0, 0.1) is 6.92 Å². The Morgan fingerprint density at radius 1 is 1.13 bits per heavy atom. The van der Waals surface area contributed by atoms with Crippen molar-refractivity contribution in [2.45, 2.75) is 11.8 Å². The van der Waals surface area contributed by atoms with Crippen LogP contribution in [0.4, 0.5) is 0 Å². The number of nitrogens with zero attached hydrogens (tertiary/aromatic N) is 3. The summed E-state index contributed by atoms with van der Waals surface area (Å²) in [6.45, 7) is 2.41. The molecule has 0 aromatic heterocycles. The molecule has 10 heteroatoms. The molecule has 160 valence electrons. The summed E-state index contributed by atoms with van der Waals surface area (Å²) in [5.41, 5.74) is 1.90. The van der Waals surface area contributed by atoms with E-state index >= 15 is 0 Å². The molecule has 1 aliphatic rings. The minimum absolute atomic E-state index is 0.00801. The van der Waals surface area contributed by atoms with Crippen molar-refractivity contribution >= 4 is 22.1 Å². The fourth-order valence-corrected chi connectivity index (χ4v) is 4.36. The molecule has 30 heavy (non-hydrogen) atoms. The highest BCUT2D eigenvalue weighted by atomic mass is 32.2. The first-order valence-corrected chi connectivity index (χ1v) is 10.5. The summed E-state index contributed by atoms with van der Waals surface area (Å²) < 4.78 is 44.9. The third kappa shape index (κ3) is 4.24. The molecule has 0 amide bonds.